The zero-order chi connectivity index (χ0) is 38.4. The van der Waals surface area contributed by atoms with Crippen LogP contribution in [-0.4, -0.2) is 4.98 Å². The van der Waals surface area contributed by atoms with E-state index in [2.05, 4.69) is 157 Å². The Morgan fingerprint density at radius 2 is 1.49 bits per heavy atom. The highest BCUT2D eigenvalue weighted by Crippen LogP contribution is 2.47. The second-order valence-electron chi connectivity index (χ2n) is 17.1. The summed E-state index contributed by atoms with van der Waals surface area (Å²) in [6, 6.07) is 30.1. The molecule has 9 rings (SSSR count). The van der Waals surface area contributed by atoms with Crippen LogP contribution in [0.15, 0.2) is 96.1 Å². The van der Waals surface area contributed by atoms with Crippen LogP contribution in [-0.2, 0) is 6.42 Å². The van der Waals surface area contributed by atoms with Crippen LogP contribution < -0.4 is 9.13 Å². The van der Waals surface area contributed by atoms with Crippen LogP contribution in [0.5, 0.6) is 0 Å². The number of aryl methyl sites for hydroxylation is 5. The van der Waals surface area contributed by atoms with Gasteiger partial charge < -0.3 is 4.42 Å². The number of aromatic nitrogens is 3. The molecule has 6 heterocycles. The SMILES string of the molecule is C=C1CC2c3cc(C)ccc3-c3cc(C)c(C)c[n+]3C2CCc2ccc3c(oc4nc(-c5c(C(C)C)cccc5C(C)C)ccc43)c2-c2ccc(C)c(C)[n+]21. The van der Waals surface area contributed by atoms with Crippen LogP contribution >= 0.6 is 0 Å². The molecule has 7 aromatic rings. The van der Waals surface area contributed by atoms with Crippen molar-refractivity contribution in [2.75, 3.05) is 0 Å². The number of allylic oxidation sites excluding steroid dienone is 1. The van der Waals surface area contributed by atoms with Crippen molar-refractivity contribution in [1.82, 2.24) is 4.98 Å². The molecule has 0 aliphatic carbocycles. The topological polar surface area (TPSA) is 33.8 Å². The molecule has 2 atom stereocenters. The number of nitrogens with zero attached hydrogens (tertiary/aromatic N) is 3. The standard InChI is InChI=1S/C51H53N3O/c1-28(2)37-12-11-13-38(29(3)4)49(37)44-21-20-41-40-19-16-36-17-23-45-43(42-24-30(5)14-18-39(42)47-25-32(7)33(8)27-53(45)47)26-34(9)54-35(10)31(6)15-22-46(54)48(36)50(40)55-51(41)52-44/h11-16,18-22,24-25,27-29,43,45H,9,17,23,26H2,1-8,10H3/q+2. The summed E-state index contributed by atoms with van der Waals surface area (Å²) in [6.45, 7) is 25.2. The van der Waals surface area contributed by atoms with E-state index in [9.17, 15) is 0 Å². The Bertz CT molecular complexity index is 2700. The molecular weight excluding hydrogens is 671 g/mol. The van der Waals surface area contributed by atoms with Crippen molar-refractivity contribution in [3.63, 3.8) is 0 Å². The van der Waals surface area contributed by atoms with Gasteiger partial charge in [-0.15, -0.1) is 0 Å². The number of pyridine rings is 3. The summed E-state index contributed by atoms with van der Waals surface area (Å²) in [6.07, 6.45) is 5.18. The van der Waals surface area contributed by atoms with Gasteiger partial charge in [0.2, 0.25) is 17.1 Å². The maximum Gasteiger partial charge on any atom is 0.227 e. The lowest BCUT2D eigenvalue weighted by atomic mass is 9.76. The van der Waals surface area contributed by atoms with Crippen molar-refractivity contribution < 1.29 is 13.6 Å². The molecule has 0 bridgehead atoms. The molecule has 2 aliphatic heterocycles. The van der Waals surface area contributed by atoms with E-state index in [1.54, 1.807) is 0 Å². The number of hydrogen-bond acceptors (Lipinski definition) is 2. The van der Waals surface area contributed by atoms with Crippen LogP contribution in [0.3, 0.4) is 0 Å². The van der Waals surface area contributed by atoms with Gasteiger partial charge in [-0.05, 0) is 105 Å². The van der Waals surface area contributed by atoms with Crippen LogP contribution in [0.25, 0.3) is 61.5 Å². The first kappa shape index (κ1) is 35.4. The predicted octanol–water partition coefficient (Wildman–Crippen LogP) is 12.5. The fourth-order valence-corrected chi connectivity index (χ4v) is 9.72. The van der Waals surface area contributed by atoms with Gasteiger partial charge in [-0.3, -0.25) is 0 Å². The molecule has 0 saturated heterocycles. The van der Waals surface area contributed by atoms with Gasteiger partial charge in [-0.25, -0.2) is 4.98 Å². The highest BCUT2D eigenvalue weighted by molar-refractivity contribution is 6.09. The molecule has 0 radical (unpaired) electrons. The fraction of sp³-hybridized carbons (Fsp3) is 0.314. The fourth-order valence-electron chi connectivity index (χ4n) is 9.72. The lowest BCUT2D eigenvalue weighted by Gasteiger charge is -2.32. The maximum atomic E-state index is 7.04. The Kier molecular flexibility index (Phi) is 8.45. The Balaban J connectivity index is 1.27. The zero-order valence-corrected chi connectivity index (χ0v) is 34.0. The van der Waals surface area contributed by atoms with E-state index in [4.69, 9.17) is 16.0 Å². The third-order valence-corrected chi connectivity index (χ3v) is 12.9. The third kappa shape index (κ3) is 5.59. The van der Waals surface area contributed by atoms with Gasteiger partial charge in [0.25, 0.3) is 0 Å². The van der Waals surface area contributed by atoms with E-state index >= 15 is 0 Å². The van der Waals surface area contributed by atoms with Gasteiger partial charge in [0, 0.05) is 64.9 Å². The van der Waals surface area contributed by atoms with Gasteiger partial charge >= 0.3 is 0 Å². The van der Waals surface area contributed by atoms with E-state index in [0.29, 0.717) is 17.5 Å². The van der Waals surface area contributed by atoms with Crippen LogP contribution in [0.4, 0.5) is 0 Å². The third-order valence-electron chi connectivity index (χ3n) is 12.9. The molecule has 276 valence electrons. The molecule has 0 N–H and O–H groups in total. The van der Waals surface area contributed by atoms with Crippen molar-refractivity contribution in [2.24, 2.45) is 0 Å². The molecule has 2 unspecified atom stereocenters. The van der Waals surface area contributed by atoms with Gasteiger partial charge in [0.1, 0.15) is 0 Å². The highest BCUT2D eigenvalue weighted by Gasteiger charge is 2.43. The lowest BCUT2D eigenvalue weighted by molar-refractivity contribution is -0.719. The smallest absolute Gasteiger partial charge is 0.227 e. The average Bonchev–Trinajstić information content (AvgIpc) is 3.53. The Hall–Kier alpha value is -5.35. The molecule has 2 aliphatic rings. The molecule has 4 aromatic heterocycles. The zero-order valence-electron chi connectivity index (χ0n) is 34.0. The average molecular weight is 724 g/mol. The van der Waals surface area contributed by atoms with E-state index in [0.717, 1.165) is 58.3 Å². The summed E-state index contributed by atoms with van der Waals surface area (Å²) in [5.74, 6) is 1.04. The van der Waals surface area contributed by atoms with E-state index in [1.165, 1.54) is 67.0 Å². The van der Waals surface area contributed by atoms with Crippen LogP contribution in [0.2, 0.25) is 0 Å². The van der Waals surface area contributed by atoms with E-state index < -0.39 is 0 Å². The number of furan rings is 1. The quantitative estimate of drug-likeness (QED) is 0.170. The summed E-state index contributed by atoms with van der Waals surface area (Å²) in [7, 11) is 0. The van der Waals surface area contributed by atoms with Crippen LogP contribution in [0.1, 0.15) is 115 Å². The molecule has 0 saturated carbocycles. The Labute approximate surface area is 326 Å². The molecule has 0 amide bonds. The number of fused-ring (bicyclic) bond motifs is 13. The second kappa shape index (κ2) is 13.2. The maximum absolute atomic E-state index is 7.04. The first-order valence-electron chi connectivity index (χ1n) is 20.2. The Morgan fingerprint density at radius 1 is 0.745 bits per heavy atom. The molecule has 4 nitrogen and oxygen atoms in total. The predicted molar refractivity (Wildman–Crippen MR) is 227 cm³/mol. The monoisotopic (exact) mass is 723 g/mol. The van der Waals surface area contributed by atoms with Gasteiger partial charge in [-0.2, -0.15) is 9.13 Å². The van der Waals surface area contributed by atoms with E-state index in [1.807, 2.05) is 0 Å². The molecule has 3 aromatic carbocycles. The van der Waals surface area contributed by atoms with Crippen molar-refractivity contribution >= 4 is 27.8 Å². The van der Waals surface area contributed by atoms with Gasteiger partial charge in [0.05, 0.1) is 17.2 Å². The summed E-state index contributed by atoms with van der Waals surface area (Å²) in [4.78, 5) is 5.32. The summed E-state index contributed by atoms with van der Waals surface area (Å²) in [5.41, 5.74) is 21.7. The highest BCUT2D eigenvalue weighted by atomic mass is 16.3. The summed E-state index contributed by atoms with van der Waals surface area (Å²) in [5, 5.41) is 2.16. The van der Waals surface area contributed by atoms with Crippen molar-refractivity contribution in [3.8, 4) is 33.8 Å². The van der Waals surface area contributed by atoms with Gasteiger partial charge in [-0.1, -0.05) is 75.7 Å². The summed E-state index contributed by atoms with van der Waals surface area (Å²) < 4.78 is 12.1. The van der Waals surface area contributed by atoms with E-state index in [-0.39, 0.29) is 12.0 Å². The molecule has 55 heavy (non-hydrogen) atoms. The molecular formula is C51H53N3O+2. The van der Waals surface area contributed by atoms with Gasteiger partial charge in [0.15, 0.2) is 29.2 Å². The minimum atomic E-state index is 0.271. The normalized spacial score (nSPS) is 16.6. The minimum Gasteiger partial charge on any atom is -0.437 e. The molecule has 0 spiro atoms. The molecule has 0 fully saturated rings. The van der Waals surface area contributed by atoms with Crippen LogP contribution in [0, 0.1) is 34.6 Å². The number of hydrogen-bond donors (Lipinski definition) is 0. The largest absolute Gasteiger partial charge is 0.437 e. The summed E-state index contributed by atoms with van der Waals surface area (Å²) >= 11 is 0. The van der Waals surface area contributed by atoms with Crippen molar-refractivity contribution in [2.45, 2.75) is 105 Å². The lowest BCUT2D eigenvalue weighted by Crippen LogP contribution is -2.49. The first-order valence-corrected chi connectivity index (χ1v) is 20.2. The number of benzene rings is 3. The van der Waals surface area contributed by atoms with Crippen molar-refractivity contribution in [3.05, 3.63) is 142 Å². The number of rotatable bonds is 3. The second-order valence-corrected chi connectivity index (χ2v) is 17.1. The minimum absolute atomic E-state index is 0.271. The first-order chi connectivity index (χ1) is 26.4. The molecule has 4 heteroatoms. The Morgan fingerprint density at radius 3 is 2.24 bits per heavy atom. The van der Waals surface area contributed by atoms with Crippen molar-refractivity contribution in [1.29, 1.82) is 0 Å².